The van der Waals surface area contributed by atoms with E-state index >= 15 is 0 Å². The third-order valence-corrected chi connectivity index (χ3v) is 7.07. The second-order valence-electron chi connectivity index (χ2n) is 9.07. The number of halogens is 14. The van der Waals surface area contributed by atoms with Crippen molar-refractivity contribution in [2.45, 2.75) is 81.0 Å². The lowest BCUT2D eigenvalue weighted by molar-refractivity contribution is -0.346. The maximum absolute atomic E-state index is 14.2. The molecule has 0 rings (SSSR count). The Labute approximate surface area is 210 Å². The lowest BCUT2D eigenvalue weighted by Gasteiger charge is -2.33. The number of nitrogens with zero attached hydrogens (tertiary/aromatic N) is 1. The first-order valence-corrected chi connectivity index (χ1v) is 12.6. The molecule has 38 heavy (non-hydrogen) atoms. The summed E-state index contributed by atoms with van der Waals surface area (Å²) in [5, 5.41) is 0. The van der Waals surface area contributed by atoms with E-state index in [9.17, 15) is 69.9 Å². The molecule has 0 fully saturated rings. The van der Waals surface area contributed by atoms with Crippen molar-refractivity contribution in [2.24, 2.45) is 5.92 Å². The number of hydrogen-bond donors (Lipinski definition) is 1. The highest BCUT2D eigenvalue weighted by molar-refractivity contribution is 7.89. The van der Waals surface area contributed by atoms with E-state index in [2.05, 4.69) is 0 Å². The topological polar surface area (TPSA) is 49.4 Å². The van der Waals surface area contributed by atoms with E-state index in [0.29, 0.717) is 6.54 Å². The van der Waals surface area contributed by atoms with Crippen molar-refractivity contribution >= 4 is 10.0 Å². The fraction of sp³-hybridized carbons (Fsp3) is 1.00. The van der Waals surface area contributed by atoms with Crippen molar-refractivity contribution in [2.75, 3.05) is 32.9 Å². The van der Waals surface area contributed by atoms with Gasteiger partial charge in [-0.2, -0.15) is 52.7 Å². The van der Waals surface area contributed by atoms with Gasteiger partial charge in [0.25, 0.3) is 11.3 Å². The zero-order valence-corrected chi connectivity index (χ0v) is 20.9. The minimum atomic E-state index is -6.52. The van der Waals surface area contributed by atoms with E-state index in [1.165, 1.54) is 0 Å². The zero-order valence-electron chi connectivity index (χ0n) is 20.1. The molecule has 1 atom stereocenters. The summed E-state index contributed by atoms with van der Waals surface area (Å²) < 4.78 is 208. The van der Waals surface area contributed by atoms with Gasteiger partial charge in [-0.1, -0.05) is 12.8 Å². The van der Waals surface area contributed by atoms with E-state index < -0.39 is 96.3 Å². The lowest BCUT2D eigenvalue weighted by Crippen LogP contribution is -2.54. The lowest BCUT2D eigenvalue weighted by atomic mass is 9.85. The van der Waals surface area contributed by atoms with Crippen LogP contribution in [-0.2, 0) is 10.0 Å². The average molecular weight is 614 g/mol. The molecule has 0 aromatic rings. The molecule has 0 spiro atoms. The number of nitrogens with one attached hydrogen (secondary N) is 1. The monoisotopic (exact) mass is 614 g/mol. The Bertz CT molecular complexity index is 791. The smallest absolute Gasteiger partial charge is 0.309 e. The van der Waals surface area contributed by atoms with Gasteiger partial charge in [-0.3, -0.25) is 0 Å². The summed E-state index contributed by atoms with van der Waals surface area (Å²) in [5.74, 6) is -3.21. The van der Waals surface area contributed by atoms with Crippen molar-refractivity contribution in [3.63, 3.8) is 0 Å². The van der Waals surface area contributed by atoms with Crippen molar-refractivity contribution in [1.82, 2.24) is 9.62 Å². The number of alkyl halides is 14. The van der Waals surface area contributed by atoms with E-state index in [1.54, 1.807) is 19.0 Å². The zero-order chi connectivity index (χ0) is 30.4. The van der Waals surface area contributed by atoms with Crippen LogP contribution in [0.2, 0.25) is 0 Å². The molecule has 0 heterocycles. The van der Waals surface area contributed by atoms with Crippen molar-refractivity contribution in [3.05, 3.63) is 0 Å². The van der Waals surface area contributed by atoms with Gasteiger partial charge in [-0.15, -0.1) is 0 Å². The largest absolute Gasteiger partial charge is 0.431 e. The molecule has 230 valence electrons. The number of unbranched alkanes of at least 4 members (excludes halogenated alkanes) is 1. The molecule has 19 heteroatoms. The second kappa shape index (κ2) is 13.0. The third-order valence-electron chi connectivity index (χ3n) is 5.65. The second-order valence-corrected chi connectivity index (χ2v) is 11.0. The predicted octanol–water partition coefficient (Wildman–Crippen LogP) is 6.48. The molecule has 0 radical (unpaired) electrons. The standard InChI is InChI=1S/C19H28F14N2O2S/c1-35(2)10-5-9-34-38(36,37)11-7-13(12-15(21,18(28,29)30)19(31,32)33)6-3-4-8-14(20,16(22,23)24)17(25,26)27/h13,34H,3-12H2,1-2H3. The Kier molecular flexibility index (Phi) is 12.7. The van der Waals surface area contributed by atoms with E-state index in [0.717, 1.165) is 0 Å². The molecule has 0 aromatic heterocycles. The van der Waals surface area contributed by atoms with Gasteiger partial charge in [0, 0.05) is 13.0 Å². The van der Waals surface area contributed by atoms with E-state index in [-0.39, 0.29) is 13.0 Å². The van der Waals surface area contributed by atoms with Crippen LogP contribution in [0.4, 0.5) is 61.5 Å². The summed E-state index contributed by atoms with van der Waals surface area (Å²) in [6, 6.07) is 0. The average Bonchev–Trinajstić information content (AvgIpc) is 2.68. The van der Waals surface area contributed by atoms with Crippen LogP contribution < -0.4 is 4.72 Å². The van der Waals surface area contributed by atoms with Gasteiger partial charge in [-0.05, 0) is 52.2 Å². The number of hydrogen-bond acceptors (Lipinski definition) is 3. The molecule has 0 amide bonds. The molecule has 0 bridgehead atoms. The van der Waals surface area contributed by atoms with Crippen LogP contribution in [0.3, 0.4) is 0 Å². The van der Waals surface area contributed by atoms with Crippen LogP contribution in [0.25, 0.3) is 0 Å². The van der Waals surface area contributed by atoms with Crippen LogP contribution in [-0.4, -0.2) is 82.3 Å². The Morgan fingerprint density at radius 2 is 1.11 bits per heavy atom. The molecular weight excluding hydrogens is 586 g/mol. The van der Waals surface area contributed by atoms with Gasteiger partial charge < -0.3 is 4.90 Å². The highest BCUT2D eigenvalue weighted by Gasteiger charge is 2.73. The molecule has 0 saturated carbocycles. The van der Waals surface area contributed by atoms with Crippen molar-refractivity contribution in [3.8, 4) is 0 Å². The molecular formula is C19H28F14N2O2S. The first kappa shape index (κ1) is 36.9. The summed E-state index contributed by atoms with van der Waals surface area (Å²) in [6.45, 7) is 0.232. The Hall–Kier alpha value is -1.11. The normalized spacial score (nSPS) is 15.8. The van der Waals surface area contributed by atoms with Gasteiger partial charge in [0.1, 0.15) is 0 Å². The molecule has 0 aliphatic rings. The molecule has 1 unspecified atom stereocenters. The first-order chi connectivity index (χ1) is 16.7. The van der Waals surface area contributed by atoms with Gasteiger partial charge in [0.2, 0.25) is 10.0 Å². The fourth-order valence-electron chi connectivity index (χ4n) is 3.40. The summed E-state index contributed by atoms with van der Waals surface area (Å²) in [6.07, 6.45) is -34.6. The summed E-state index contributed by atoms with van der Waals surface area (Å²) in [4.78, 5) is 1.67. The highest BCUT2D eigenvalue weighted by Crippen LogP contribution is 2.51. The van der Waals surface area contributed by atoms with Crippen molar-refractivity contribution < 1.29 is 69.9 Å². The highest BCUT2D eigenvalue weighted by atomic mass is 32.2. The first-order valence-electron chi connectivity index (χ1n) is 11.0. The quantitative estimate of drug-likeness (QED) is 0.170. The number of sulfonamides is 1. The van der Waals surface area contributed by atoms with Crippen LogP contribution >= 0.6 is 0 Å². The number of rotatable bonds is 15. The van der Waals surface area contributed by atoms with Gasteiger partial charge in [0.15, 0.2) is 0 Å². The van der Waals surface area contributed by atoms with Crippen LogP contribution in [0, 0.1) is 5.92 Å². The fourth-order valence-corrected chi connectivity index (χ4v) is 4.64. The minimum absolute atomic E-state index is 0.170. The Morgan fingerprint density at radius 1 is 0.658 bits per heavy atom. The third kappa shape index (κ3) is 10.5. The maximum Gasteiger partial charge on any atom is 0.431 e. The Balaban J connectivity index is 5.64. The Morgan fingerprint density at radius 3 is 1.50 bits per heavy atom. The molecule has 0 aromatic carbocycles. The van der Waals surface area contributed by atoms with Gasteiger partial charge >= 0.3 is 24.7 Å². The molecule has 0 aliphatic carbocycles. The van der Waals surface area contributed by atoms with E-state index in [1.807, 2.05) is 4.72 Å². The molecule has 4 nitrogen and oxygen atoms in total. The van der Waals surface area contributed by atoms with Crippen molar-refractivity contribution in [1.29, 1.82) is 0 Å². The van der Waals surface area contributed by atoms with Crippen LogP contribution in [0.1, 0.15) is 44.9 Å². The van der Waals surface area contributed by atoms with E-state index in [4.69, 9.17) is 0 Å². The maximum atomic E-state index is 14.2. The molecule has 0 aliphatic heterocycles. The van der Waals surface area contributed by atoms with Crippen LogP contribution in [0.15, 0.2) is 0 Å². The SMILES string of the molecule is CN(C)CCCNS(=O)(=O)CCC(CCCCC(F)(C(F)(F)F)C(F)(F)F)CC(F)(C(F)(F)F)C(F)(F)F. The van der Waals surface area contributed by atoms with Gasteiger partial charge in [-0.25, -0.2) is 21.9 Å². The summed E-state index contributed by atoms with van der Waals surface area (Å²) in [7, 11) is -0.999. The van der Waals surface area contributed by atoms with Crippen LogP contribution in [0.5, 0.6) is 0 Å². The summed E-state index contributed by atoms with van der Waals surface area (Å²) >= 11 is 0. The molecule has 1 N–H and O–H groups in total. The van der Waals surface area contributed by atoms with Gasteiger partial charge in [0.05, 0.1) is 5.75 Å². The summed E-state index contributed by atoms with van der Waals surface area (Å²) in [5.41, 5.74) is -11.5. The minimum Gasteiger partial charge on any atom is -0.309 e. The molecule has 0 saturated heterocycles. The predicted molar refractivity (Wildman–Crippen MR) is 108 cm³/mol.